The number of aryl methyl sites for hydroxylation is 2. The van der Waals surface area contributed by atoms with Crippen LogP contribution in [-0.4, -0.2) is 23.3 Å². The lowest BCUT2D eigenvalue weighted by Gasteiger charge is -2.14. The molecule has 0 aliphatic heterocycles. The number of carbonyl (C=O) groups is 2. The fraction of sp³-hybridized carbons (Fsp3) is 0.250. The standard InChI is InChI=1S/C16H16ClNO4/c1-10-4-5-11(2)18(10)15-8-13(17)6-7-14(15)16(20)22-9-21-12(3)19/h4-8H,9H2,1-3H3. The van der Waals surface area contributed by atoms with Crippen LogP contribution in [0.4, 0.5) is 0 Å². The van der Waals surface area contributed by atoms with Crippen molar-refractivity contribution in [1.82, 2.24) is 4.57 Å². The molecule has 0 bridgehead atoms. The maximum atomic E-state index is 12.2. The van der Waals surface area contributed by atoms with Gasteiger partial charge in [-0.05, 0) is 44.2 Å². The summed E-state index contributed by atoms with van der Waals surface area (Å²) in [6.07, 6.45) is 0. The molecule has 0 amide bonds. The molecular formula is C16H16ClNO4. The molecule has 2 rings (SSSR count). The zero-order valence-electron chi connectivity index (χ0n) is 12.6. The largest absolute Gasteiger partial charge is 0.428 e. The van der Waals surface area contributed by atoms with Crippen LogP contribution in [0.3, 0.4) is 0 Å². The summed E-state index contributed by atoms with van der Waals surface area (Å²) in [6, 6.07) is 8.80. The van der Waals surface area contributed by atoms with Crippen molar-refractivity contribution in [3.8, 4) is 5.69 Å². The first-order chi connectivity index (χ1) is 10.4. The normalized spacial score (nSPS) is 10.4. The zero-order chi connectivity index (χ0) is 16.3. The van der Waals surface area contributed by atoms with E-state index in [0.29, 0.717) is 16.3 Å². The number of rotatable bonds is 4. The van der Waals surface area contributed by atoms with Gasteiger partial charge < -0.3 is 14.0 Å². The van der Waals surface area contributed by atoms with Gasteiger partial charge in [-0.15, -0.1) is 0 Å². The number of benzene rings is 1. The maximum Gasteiger partial charge on any atom is 0.343 e. The van der Waals surface area contributed by atoms with Crippen molar-refractivity contribution in [3.05, 3.63) is 52.3 Å². The van der Waals surface area contributed by atoms with Gasteiger partial charge in [0, 0.05) is 23.3 Å². The molecule has 116 valence electrons. The van der Waals surface area contributed by atoms with E-state index in [1.54, 1.807) is 18.2 Å². The van der Waals surface area contributed by atoms with Crippen molar-refractivity contribution >= 4 is 23.5 Å². The molecule has 0 atom stereocenters. The van der Waals surface area contributed by atoms with E-state index in [2.05, 4.69) is 4.74 Å². The molecule has 6 heteroatoms. The number of ether oxygens (including phenoxy) is 2. The van der Waals surface area contributed by atoms with Crippen molar-refractivity contribution in [3.63, 3.8) is 0 Å². The van der Waals surface area contributed by atoms with Crippen molar-refractivity contribution in [1.29, 1.82) is 0 Å². The number of nitrogens with zero attached hydrogens (tertiary/aromatic N) is 1. The van der Waals surface area contributed by atoms with Crippen LogP contribution in [0.25, 0.3) is 5.69 Å². The first kappa shape index (κ1) is 16.1. The quantitative estimate of drug-likeness (QED) is 0.639. The van der Waals surface area contributed by atoms with E-state index in [1.165, 1.54) is 6.92 Å². The average molecular weight is 322 g/mol. The van der Waals surface area contributed by atoms with Gasteiger partial charge in [0.05, 0.1) is 11.3 Å². The number of hydrogen-bond donors (Lipinski definition) is 0. The van der Waals surface area contributed by atoms with E-state index in [9.17, 15) is 9.59 Å². The number of esters is 2. The molecule has 0 spiro atoms. The highest BCUT2D eigenvalue weighted by Crippen LogP contribution is 2.24. The lowest BCUT2D eigenvalue weighted by molar-refractivity contribution is -0.149. The molecule has 1 heterocycles. The summed E-state index contributed by atoms with van der Waals surface area (Å²) in [6.45, 7) is 4.69. The van der Waals surface area contributed by atoms with Crippen molar-refractivity contribution in [2.24, 2.45) is 0 Å². The van der Waals surface area contributed by atoms with Crippen LogP contribution in [0.5, 0.6) is 0 Å². The van der Waals surface area contributed by atoms with Crippen LogP contribution in [-0.2, 0) is 14.3 Å². The Morgan fingerprint density at radius 3 is 2.32 bits per heavy atom. The van der Waals surface area contributed by atoms with Gasteiger partial charge in [-0.1, -0.05) is 11.6 Å². The summed E-state index contributed by atoms with van der Waals surface area (Å²) in [5, 5.41) is 0.513. The Balaban J connectivity index is 2.36. The van der Waals surface area contributed by atoms with E-state index >= 15 is 0 Å². The predicted octanol–water partition coefficient (Wildman–Crippen LogP) is 3.42. The summed E-state index contributed by atoms with van der Waals surface area (Å²) in [4.78, 5) is 22.9. The van der Waals surface area contributed by atoms with Crippen LogP contribution in [0.15, 0.2) is 30.3 Å². The van der Waals surface area contributed by atoms with Gasteiger partial charge in [0.2, 0.25) is 6.79 Å². The van der Waals surface area contributed by atoms with E-state index in [0.717, 1.165) is 11.4 Å². The Hall–Kier alpha value is -2.27. The molecule has 0 fully saturated rings. The van der Waals surface area contributed by atoms with Crippen LogP contribution < -0.4 is 0 Å². The third kappa shape index (κ3) is 3.49. The summed E-state index contributed by atoms with van der Waals surface area (Å²) in [5.74, 6) is -1.10. The number of carbonyl (C=O) groups excluding carboxylic acids is 2. The molecular weight excluding hydrogens is 306 g/mol. The van der Waals surface area contributed by atoms with Gasteiger partial charge in [0.15, 0.2) is 0 Å². The molecule has 0 unspecified atom stereocenters. The summed E-state index contributed by atoms with van der Waals surface area (Å²) in [5.41, 5.74) is 2.90. The Morgan fingerprint density at radius 2 is 1.73 bits per heavy atom. The van der Waals surface area contributed by atoms with Crippen LogP contribution in [0.1, 0.15) is 28.7 Å². The Bertz CT molecular complexity index is 701. The van der Waals surface area contributed by atoms with E-state index in [1.807, 2.05) is 30.5 Å². The molecule has 0 radical (unpaired) electrons. The highest BCUT2D eigenvalue weighted by atomic mass is 35.5. The number of hydrogen-bond acceptors (Lipinski definition) is 4. The molecule has 22 heavy (non-hydrogen) atoms. The van der Waals surface area contributed by atoms with Crippen LogP contribution >= 0.6 is 11.6 Å². The molecule has 2 aromatic rings. The predicted molar refractivity (Wildman–Crippen MR) is 82.3 cm³/mol. The molecule has 0 aliphatic rings. The van der Waals surface area contributed by atoms with Crippen molar-refractivity contribution < 1.29 is 19.1 Å². The van der Waals surface area contributed by atoms with Crippen molar-refractivity contribution in [2.75, 3.05) is 6.79 Å². The summed E-state index contributed by atoms with van der Waals surface area (Å²) < 4.78 is 11.5. The lowest BCUT2D eigenvalue weighted by atomic mass is 10.1. The Labute approximate surface area is 133 Å². The molecule has 0 saturated carbocycles. The lowest BCUT2D eigenvalue weighted by Crippen LogP contribution is -2.14. The Morgan fingerprint density at radius 1 is 1.09 bits per heavy atom. The second kappa shape index (κ2) is 6.66. The summed E-state index contributed by atoms with van der Waals surface area (Å²) in [7, 11) is 0. The Kier molecular flexibility index (Phi) is 4.88. The first-order valence-corrected chi connectivity index (χ1v) is 7.03. The minimum Gasteiger partial charge on any atom is -0.428 e. The van der Waals surface area contributed by atoms with Gasteiger partial charge >= 0.3 is 11.9 Å². The SMILES string of the molecule is CC(=O)OCOC(=O)c1ccc(Cl)cc1-n1c(C)ccc1C. The summed E-state index contributed by atoms with van der Waals surface area (Å²) >= 11 is 6.05. The monoisotopic (exact) mass is 321 g/mol. The molecule has 1 aromatic carbocycles. The third-order valence-corrected chi connectivity index (χ3v) is 3.38. The fourth-order valence-corrected chi connectivity index (χ4v) is 2.32. The molecule has 1 aromatic heterocycles. The number of aromatic nitrogens is 1. The zero-order valence-corrected chi connectivity index (χ0v) is 13.3. The average Bonchev–Trinajstić information content (AvgIpc) is 2.77. The van der Waals surface area contributed by atoms with Gasteiger partial charge in [-0.2, -0.15) is 0 Å². The van der Waals surface area contributed by atoms with Crippen molar-refractivity contribution in [2.45, 2.75) is 20.8 Å². The van der Waals surface area contributed by atoms with Gasteiger partial charge in [-0.25, -0.2) is 4.79 Å². The first-order valence-electron chi connectivity index (χ1n) is 6.65. The number of halogens is 1. The van der Waals surface area contributed by atoms with Crippen LogP contribution in [0, 0.1) is 13.8 Å². The molecule has 0 N–H and O–H groups in total. The second-order valence-corrected chi connectivity index (χ2v) is 5.23. The third-order valence-electron chi connectivity index (χ3n) is 3.14. The fourth-order valence-electron chi connectivity index (χ4n) is 2.15. The smallest absolute Gasteiger partial charge is 0.343 e. The van der Waals surface area contributed by atoms with E-state index in [4.69, 9.17) is 16.3 Å². The topological polar surface area (TPSA) is 57.5 Å². The van der Waals surface area contributed by atoms with Gasteiger partial charge in [0.1, 0.15) is 0 Å². The molecule has 0 saturated heterocycles. The molecule has 0 aliphatic carbocycles. The van der Waals surface area contributed by atoms with E-state index in [-0.39, 0.29) is 0 Å². The van der Waals surface area contributed by atoms with E-state index < -0.39 is 18.7 Å². The highest BCUT2D eigenvalue weighted by Gasteiger charge is 2.17. The van der Waals surface area contributed by atoms with Crippen LogP contribution in [0.2, 0.25) is 5.02 Å². The van der Waals surface area contributed by atoms with Gasteiger partial charge in [-0.3, -0.25) is 4.79 Å². The highest BCUT2D eigenvalue weighted by molar-refractivity contribution is 6.30. The van der Waals surface area contributed by atoms with Gasteiger partial charge in [0.25, 0.3) is 0 Å². The second-order valence-electron chi connectivity index (χ2n) is 4.80. The minimum absolute atomic E-state index is 0.346. The minimum atomic E-state index is -0.583. The maximum absolute atomic E-state index is 12.2. The molecule has 5 nitrogen and oxygen atoms in total.